The Kier molecular flexibility index (Phi) is 5.08. The molecule has 1 aliphatic heterocycles. The van der Waals surface area contributed by atoms with E-state index in [4.69, 9.17) is 11.6 Å². The first-order valence-electron chi connectivity index (χ1n) is 7.05. The molecule has 1 unspecified atom stereocenters. The molecule has 0 amide bonds. The Morgan fingerprint density at radius 2 is 2.11 bits per heavy atom. The largest absolute Gasteiger partial charge is 0.394 e. The standard InChI is InChI=1S/C15H23ClN2O/c1-2-18-10-5-8-15(12-19,9-11-18)17-14-7-4-3-6-13(14)16/h3-4,6-7,17,19H,2,5,8-12H2,1H3. The minimum absolute atomic E-state index is 0.149. The van der Waals surface area contributed by atoms with Crippen LogP contribution in [0.5, 0.6) is 0 Å². The van der Waals surface area contributed by atoms with Crippen molar-refractivity contribution >= 4 is 17.3 Å². The number of anilines is 1. The lowest BCUT2D eigenvalue weighted by Gasteiger charge is -2.33. The molecule has 0 bridgehead atoms. The highest BCUT2D eigenvalue weighted by Crippen LogP contribution is 2.30. The molecule has 3 nitrogen and oxygen atoms in total. The number of aliphatic hydroxyl groups excluding tert-OH is 1. The van der Waals surface area contributed by atoms with Crippen molar-refractivity contribution < 1.29 is 5.11 Å². The van der Waals surface area contributed by atoms with Crippen LogP contribution in [0.4, 0.5) is 5.69 Å². The third-order valence-corrected chi connectivity index (χ3v) is 4.39. The zero-order chi connectivity index (χ0) is 13.7. The van der Waals surface area contributed by atoms with Crippen LogP contribution < -0.4 is 5.32 Å². The normalized spacial score (nSPS) is 25.0. The number of halogens is 1. The van der Waals surface area contributed by atoms with Gasteiger partial charge in [0.05, 0.1) is 22.9 Å². The zero-order valence-electron chi connectivity index (χ0n) is 11.5. The van der Waals surface area contributed by atoms with Gasteiger partial charge in [-0.25, -0.2) is 0 Å². The van der Waals surface area contributed by atoms with Gasteiger partial charge in [-0.3, -0.25) is 0 Å². The van der Waals surface area contributed by atoms with Crippen molar-refractivity contribution in [3.63, 3.8) is 0 Å². The maximum absolute atomic E-state index is 9.85. The van der Waals surface area contributed by atoms with Gasteiger partial charge in [0.15, 0.2) is 0 Å². The molecule has 1 aromatic rings. The molecule has 1 atom stereocenters. The number of rotatable bonds is 4. The quantitative estimate of drug-likeness (QED) is 0.891. The van der Waals surface area contributed by atoms with E-state index in [1.54, 1.807) is 0 Å². The molecule has 0 aromatic heterocycles. The maximum Gasteiger partial charge on any atom is 0.0662 e. The van der Waals surface area contributed by atoms with Gasteiger partial charge in [-0.1, -0.05) is 30.7 Å². The average molecular weight is 283 g/mol. The fraction of sp³-hybridized carbons (Fsp3) is 0.600. The summed E-state index contributed by atoms with van der Waals surface area (Å²) in [5.74, 6) is 0. The second-order valence-electron chi connectivity index (χ2n) is 5.33. The molecule has 0 saturated carbocycles. The highest BCUT2D eigenvalue weighted by Gasteiger charge is 2.32. The monoisotopic (exact) mass is 282 g/mol. The minimum Gasteiger partial charge on any atom is -0.394 e. The highest BCUT2D eigenvalue weighted by atomic mass is 35.5. The number of hydrogen-bond acceptors (Lipinski definition) is 3. The second-order valence-corrected chi connectivity index (χ2v) is 5.74. The van der Waals surface area contributed by atoms with Crippen LogP contribution in [0.15, 0.2) is 24.3 Å². The number of para-hydroxylation sites is 1. The first-order chi connectivity index (χ1) is 9.19. The molecule has 4 heteroatoms. The van der Waals surface area contributed by atoms with Crippen LogP contribution in [0.1, 0.15) is 26.2 Å². The summed E-state index contributed by atoms with van der Waals surface area (Å²) in [6.07, 6.45) is 3.03. The van der Waals surface area contributed by atoms with Gasteiger partial charge in [0.1, 0.15) is 0 Å². The van der Waals surface area contributed by atoms with Crippen molar-refractivity contribution in [1.29, 1.82) is 0 Å². The Bertz CT molecular complexity index is 413. The SMILES string of the molecule is CCN1CCCC(CO)(Nc2ccccc2Cl)CC1. The van der Waals surface area contributed by atoms with Crippen LogP contribution in [-0.2, 0) is 0 Å². The van der Waals surface area contributed by atoms with Crippen LogP contribution >= 0.6 is 11.6 Å². The molecular formula is C15H23ClN2O. The van der Waals surface area contributed by atoms with Crippen molar-refractivity contribution in [2.24, 2.45) is 0 Å². The molecule has 1 aliphatic rings. The number of likely N-dealkylation sites (tertiary alicyclic amines) is 1. The van der Waals surface area contributed by atoms with Gasteiger partial charge in [0.25, 0.3) is 0 Å². The van der Waals surface area contributed by atoms with E-state index in [-0.39, 0.29) is 12.1 Å². The van der Waals surface area contributed by atoms with Gasteiger partial charge < -0.3 is 15.3 Å². The molecule has 2 rings (SSSR count). The van der Waals surface area contributed by atoms with E-state index in [9.17, 15) is 5.11 Å². The summed E-state index contributed by atoms with van der Waals surface area (Å²) < 4.78 is 0. The molecule has 0 spiro atoms. The number of nitrogens with one attached hydrogen (secondary N) is 1. The average Bonchev–Trinajstić information content (AvgIpc) is 2.64. The highest BCUT2D eigenvalue weighted by molar-refractivity contribution is 6.33. The van der Waals surface area contributed by atoms with Crippen molar-refractivity contribution in [3.8, 4) is 0 Å². The Balaban J connectivity index is 2.12. The Labute approximate surface area is 120 Å². The molecule has 1 aromatic carbocycles. The smallest absolute Gasteiger partial charge is 0.0662 e. The van der Waals surface area contributed by atoms with E-state index < -0.39 is 0 Å². The molecule has 0 aliphatic carbocycles. The van der Waals surface area contributed by atoms with Gasteiger partial charge in [-0.15, -0.1) is 0 Å². The fourth-order valence-corrected chi connectivity index (χ4v) is 2.92. The Morgan fingerprint density at radius 3 is 2.79 bits per heavy atom. The molecule has 1 heterocycles. The van der Waals surface area contributed by atoms with Crippen molar-refractivity contribution in [3.05, 3.63) is 29.3 Å². The lowest BCUT2D eigenvalue weighted by molar-refractivity contribution is 0.193. The third kappa shape index (κ3) is 3.62. The maximum atomic E-state index is 9.85. The summed E-state index contributed by atoms with van der Waals surface area (Å²) in [5.41, 5.74) is 0.678. The first-order valence-corrected chi connectivity index (χ1v) is 7.43. The fourth-order valence-electron chi connectivity index (χ4n) is 2.74. The zero-order valence-corrected chi connectivity index (χ0v) is 12.3. The third-order valence-electron chi connectivity index (χ3n) is 4.06. The van der Waals surface area contributed by atoms with E-state index in [1.165, 1.54) is 0 Å². The topological polar surface area (TPSA) is 35.5 Å². The van der Waals surface area contributed by atoms with E-state index in [2.05, 4.69) is 17.1 Å². The van der Waals surface area contributed by atoms with Crippen LogP contribution in [0.25, 0.3) is 0 Å². The molecular weight excluding hydrogens is 260 g/mol. The summed E-state index contributed by atoms with van der Waals surface area (Å²) in [7, 11) is 0. The van der Waals surface area contributed by atoms with Gasteiger partial charge in [-0.05, 0) is 44.5 Å². The predicted octanol–water partition coefficient (Wildman–Crippen LogP) is 2.99. The van der Waals surface area contributed by atoms with Crippen LogP contribution in [0.3, 0.4) is 0 Å². The Morgan fingerprint density at radius 1 is 1.32 bits per heavy atom. The summed E-state index contributed by atoms with van der Waals surface area (Å²) in [6.45, 7) is 5.55. The molecule has 2 N–H and O–H groups in total. The van der Waals surface area contributed by atoms with E-state index in [0.717, 1.165) is 44.6 Å². The van der Waals surface area contributed by atoms with Gasteiger partial charge >= 0.3 is 0 Å². The molecule has 19 heavy (non-hydrogen) atoms. The van der Waals surface area contributed by atoms with E-state index >= 15 is 0 Å². The molecule has 106 valence electrons. The number of hydrogen-bond donors (Lipinski definition) is 2. The number of aliphatic hydroxyl groups is 1. The summed E-state index contributed by atoms with van der Waals surface area (Å²) in [6, 6.07) is 7.74. The number of nitrogens with zero attached hydrogens (tertiary/aromatic N) is 1. The molecule has 1 saturated heterocycles. The Hall–Kier alpha value is -0.770. The van der Waals surface area contributed by atoms with Crippen molar-refractivity contribution in [1.82, 2.24) is 4.90 Å². The number of benzene rings is 1. The van der Waals surface area contributed by atoms with Crippen LogP contribution in [0.2, 0.25) is 5.02 Å². The lowest BCUT2D eigenvalue weighted by atomic mass is 9.91. The van der Waals surface area contributed by atoms with Gasteiger partial charge in [0, 0.05) is 6.54 Å². The van der Waals surface area contributed by atoms with Crippen molar-refractivity contribution in [2.45, 2.75) is 31.7 Å². The van der Waals surface area contributed by atoms with Crippen LogP contribution in [0, 0.1) is 0 Å². The van der Waals surface area contributed by atoms with Gasteiger partial charge in [0.2, 0.25) is 0 Å². The van der Waals surface area contributed by atoms with Gasteiger partial charge in [-0.2, -0.15) is 0 Å². The lowest BCUT2D eigenvalue weighted by Crippen LogP contribution is -2.43. The van der Waals surface area contributed by atoms with Crippen LogP contribution in [-0.4, -0.2) is 41.8 Å². The molecule has 0 radical (unpaired) electrons. The first kappa shape index (κ1) is 14.6. The minimum atomic E-state index is -0.241. The summed E-state index contributed by atoms with van der Waals surface area (Å²) in [5, 5.41) is 14.1. The van der Waals surface area contributed by atoms with E-state index in [0.29, 0.717) is 5.02 Å². The van der Waals surface area contributed by atoms with E-state index in [1.807, 2.05) is 24.3 Å². The second kappa shape index (κ2) is 6.60. The summed E-state index contributed by atoms with van der Waals surface area (Å²) >= 11 is 6.20. The summed E-state index contributed by atoms with van der Waals surface area (Å²) in [4.78, 5) is 2.44. The molecule has 1 fully saturated rings. The predicted molar refractivity (Wildman–Crippen MR) is 80.9 cm³/mol. The van der Waals surface area contributed by atoms with Crippen molar-refractivity contribution in [2.75, 3.05) is 31.6 Å².